The van der Waals surface area contributed by atoms with Crippen LogP contribution in [-0.4, -0.2) is 19.0 Å². The number of nitrogens with one attached hydrogen (secondary N) is 2. The molecule has 1 aromatic rings. The van der Waals surface area contributed by atoms with Crippen LogP contribution in [0.2, 0.25) is 0 Å². The number of para-hydroxylation sites is 1. The van der Waals surface area contributed by atoms with Gasteiger partial charge in [-0.05, 0) is 18.1 Å². The van der Waals surface area contributed by atoms with E-state index in [9.17, 15) is 4.79 Å². The van der Waals surface area contributed by atoms with Crippen molar-refractivity contribution in [1.82, 2.24) is 5.32 Å². The summed E-state index contributed by atoms with van der Waals surface area (Å²) < 4.78 is 0. The molecule has 0 aliphatic carbocycles. The van der Waals surface area contributed by atoms with Gasteiger partial charge in [0.25, 0.3) is 0 Å². The summed E-state index contributed by atoms with van der Waals surface area (Å²) in [7, 11) is 0. The van der Waals surface area contributed by atoms with Gasteiger partial charge in [0.1, 0.15) is 0 Å². The fourth-order valence-corrected chi connectivity index (χ4v) is 2.76. The van der Waals surface area contributed by atoms with Crippen molar-refractivity contribution in [3.05, 3.63) is 29.8 Å². The summed E-state index contributed by atoms with van der Waals surface area (Å²) in [5.41, 5.74) is 2.24. The first-order valence-corrected chi connectivity index (χ1v) is 7.93. The van der Waals surface area contributed by atoms with E-state index in [0.29, 0.717) is 0 Å². The molecule has 1 heterocycles. The molecule has 3 heteroatoms. The van der Waals surface area contributed by atoms with Crippen LogP contribution in [0, 0.1) is 0 Å². The standard InChI is InChI=1S/C17H26N2O/c1-2-3-4-5-6-9-12-18-17(20)15-13-19-16-11-8-7-10-14(15)16/h7-8,10-11,15,19H,2-6,9,12-13H2,1H3,(H,18,20). The van der Waals surface area contributed by atoms with Crippen LogP contribution in [0.1, 0.15) is 56.9 Å². The lowest BCUT2D eigenvalue weighted by atomic mass is 10.0. The number of carbonyl (C=O) groups is 1. The van der Waals surface area contributed by atoms with E-state index >= 15 is 0 Å². The first-order chi connectivity index (χ1) is 9.83. The van der Waals surface area contributed by atoms with Crippen LogP contribution in [0.25, 0.3) is 0 Å². The second-order valence-corrected chi connectivity index (χ2v) is 5.58. The van der Waals surface area contributed by atoms with Crippen LogP contribution in [0.15, 0.2) is 24.3 Å². The van der Waals surface area contributed by atoms with Crippen molar-refractivity contribution in [1.29, 1.82) is 0 Å². The highest BCUT2D eigenvalue weighted by Crippen LogP contribution is 2.30. The summed E-state index contributed by atoms with van der Waals surface area (Å²) in [6, 6.07) is 8.09. The smallest absolute Gasteiger partial charge is 0.229 e. The number of rotatable bonds is 8. The van der Waals surface area contributed by atoms with Gasteiger partial charge in [-0.3, -0.25) is 4.79 Å². The van der Waals surface area contributed by atoms with Crippen LogP contribution < -0.4 is 10.6 Å². The highest BCUT2D eigenvalue weighted by Gasteiger charge is 2.27. The molecule has 3 nitrogen and oxygen atoms in total. The molecule has 1 aliphatic heterocycles. The first kappa shape index (κ1) is 14.9. The zero-order valence-electron chi connectivity index (χ0n) is 12.5. The van der Waals surface area contributed by atoms with Gasteiger partial charge in [-0.1, -0.05) is 57.2 Å². The van der Waals surface area contributed by atoms with Gasteiger partial charge in [0.15, 0.2) is 0 Å². The van der Waals surface area contributed by atoms with E-state index in [2.05, 4.69) is 17.6 Å². The summed E-state index contributed by atoms with van der Waals surface area (Å²) in [6.45, 7) is 3.76. The minimum absolute atomic E-state index is 0.0220. The minimum Gasteiger partial charge on any atom is -0.384 e. The van der Waals surface area contributed by atoms with Crippen molar-refractivity contribution in [3.8, 4) is 0 Å². The number of unbranched alkanes of at least 4 members (excludes halogenated alkanes) is 5. The highest BCUT2D eigenvalue weighted by atomic mass is 16.1. The molecule has 2 rings (SSSR count). The summed E-state index contributed by atoms with van der Waals surface area (Å²) in [5, 5.41) is 6.37. The largest absolute Gasteiger partial charge is 0.384 e. The Morgan fingerprint density at radius 1 is 1.20 bits per heavy atom. The van der Waals surface area contributed by atoms with Gasteiger partial charge < -0.3 is 10.6 Å². The first-order valence-electron chi connectivity index (χ1n) is 7.93. The number of amides is 1. The van der Waals surface area contributed by atoms with E-state index in [4.69, 9.17) is 0 Å². The number of benzene rings is 1. The summed E-state index contributed by atoms with van der Waals surface area (Å²) in [5.74, 6) is 0.141. The molecule has 0 fully saturated rings. The molecule has 2 N–H and O–H groups in total. The number of hydrogen-bond donors (Lipinski definition) is 2. The molecule has 20 heavy (non-hydrogen) atoms. The third kappa shape index (κ3) is 3.99. The summed E-state index contributed by atoms with van der Waals surface area (Å²) in [6.07, 6.45) is 7.54. The Hall–Kier alpha value is -1.51. The van der Waals surface area contributed by atoms with Crippen molar-refractivity contribution in [3.63, 3.8) is 0 Å². The van der Waals surface area contributed by atoms with Gasteiger partial charge in [-0.25, -0.2) is 0 Å². The zero-order chi connectivity index (χ0) is 14.2. The number of fused-ring (bicyclic) bond motifs is 1. The molecular formula is C17H26N2O. The van der Waals surface area contributed by atoms with E-state index in [1.165, 1.54) is 32.1 Å². The van der Waals surface area contributed by atoms with Gasteiger partial charge in [0.05, 0.1) is 5.92 Å². The van der Waals surface area contributed by atoms with Gasteiger partial charge >= 0.3 is 0 Å². The molecule has 1 amide bonds. The molecule has 0 spiro atoms. The Bertz CT molecular complexity index is 431. The van der Waals surface area contributed by atoms with E-state index in [1.54, 1.807) is 0 Å². The Kier molecular flexibility index (Phi) is 5.90. The van der Waals surface area contributed by atoms with Crippen LogP contribution in [0.3, 0.4) is 0 Å². The third-order valence-electron chi connectivity index (χ3n) is 3.98. The van der Waals surface area contributed by atoms with Crippen LogP contribution in [0.5, 0.6) is 0 Å². The predicted octanol–water partition coefficient (Wildman–Crippen LogP) is 3.67. The summed E-state index contributed by atoms with van der Waals surface area (Å²) >= 11 is 0. The molecule has 1 aromatic carbocycles. The molecule has 1 aliphatic rings. The second kappa shape index (κ2) is 7.93. The molecule has 1 atom stereocenters. The maximum atomic E-state index is 12.2. The third-order valence-corrected chi connectivity index (χ3v) is 3.98. The number of anilines is 1. The van der Waals surface area contributed by atoms with Gasteiger partial charge in [-0.15, -0.1) is 0 Å². The fraction of sp³-hybridized carbons (Fsp3) is 0.588. The molecule has 0 saturated carbocycles. The van der Waals surface area contributed by atoms with Crippen molar-refractivity contribution in [2.24, 2.45) is 0 Å². The van der Waals surface area contributed by atoms with Crippen LogP contribution in [-0.2, 0) is 4.79 Å². The lowest BCUT2D eigenvalue weighted by molar-refractivity contribution is -0.122. The monoisotopic (exact) mass is 274 g/mol. The minimum atomic E-state index is -0.0220. The molecule has 1 unspecified atom stereocenters. The average molecular weight is 274 g/mol. The van der Waals surface area contributed by atoms with Crippen LogP contribution >= 0.6 is 0 Å². The van der Waals surface area contributed by atoms with Crippen molar-refractivity contribution in [2.75, 3.05) is 18.4 Å². The average Bonchev–Trinajstić information content (AvgIpc) is 2.90. The lowest BCUT2D eigenvalue weighted by Gasteiger charge is -2.11. The quantitative estimate of drug-likeness (QED) is 0.710. The molecule has 110 valence electrons. The van der Waals surface area contributed by atoms with E-state index in [0.717, 1.165) is 30.8 Å². The SMILES string of the molecule is CCCCCCCCNC(=O)C1CNc2ccccc21. The predicted molar refractivity (Wildman–Crippen MR) is 84.1 cm³/mol. The number of hydrogen-bond acceptors (Lipinski definition) is 2. The Morgan fingerprint density at radius 2 is 1.95 bits per heavy atom. The molecular weight excluding hydrogens is 248 g/mol. The van der Waals surface area contributed by atoms with E-state index in [1.807, 2.05) is 24.3 Å². The summed E-state index contributed by atoms with van der Waals surface area (Å²) in [4.78, 5) is 12.2. The molecule has 0 aromatic heterocycles. The normalized spacial score (nSPS) is 16.6. The van der Waals surface area contributed by atoms with E-state index in [-0.39, 0.29) is 11.8 Å². The van der Waals surface area contributed by atoms with Gasteiger partial charge in [0.2, 0.25) is 5.91 Å². The Balaban J connectivity index is 1.66. The van der Waals surface area contributed by atoms with Gasteiger partial charge in [-0.2, -0.15) is 0 Å². The molecule has 0 bridgehead atoms. The zero-order valence-corrected chi connectivity index (χ0v) is 12.5. The van der Waals surface area contributed by atoms with Crippen molar-refractivity contribution < 1.29 is 4.79 Å². The Labute approximate surface area is 122 Å². The van der Waals surface area contributed by atoms with Gasteiger partial charge in [0, 0.05) is 18.8 Å². The maximum absolute atomic E-state index is 12.2. The topological polar surface area (TPSA) is 41.1 Å². The van der Waals surface area contributed by atoms with Crippen LogP contribution in [0.4, 0.5) is 5.69 Å². The fourth-order valence-electron chi connectivity index (χ4n) is 2.76. The number of carbonyl (C=O) groups excluding carboxylic acids is 1. The maximum Gasteiger partial charge on any atom is 0.229 e. The second-order valence-electron chi connectivity index (χ2n) is 5.58. The van der Waals surface area contributed by atoms with Crippen molar-refractivity contribution >= 4 is 11.6 Å². The van der Waals surface area contributed by atoms with E-state index < -0.39 is 0 Å². The highest BCUT2D eigenvalue weighted by molar-refractivity contribution is 5.88. The lowest BCUT2D eigenvalue weighted by Crippen LogP contribution is -2.31. The molecule has 0 radical (unpaired) electrons. The molecule has 0 saturated heterocycles. The van der Waals surface area contributed by atoms with Crippen molar-refractivity contribution in [2.45, 2.75) is 51.4 Å². The Morgan fingerprint density at radius 3 is 2.80 bits per heavy atom.